The van der Waals surface area contributed by atoms with Crippen LogP contribution in [0.25, 0.3) is 33.4 Å². The average Bonchev–Trinajstić information content (AvgIpc) is 3.42. The maximum Gasteiger partial charge on any atom is 0.490 e. The molecule has 59 heavy (non-hydrogen) atoms. The Balaban J connectivity index is 1.14. The van der Waals surface area contributed by atoms with Gasteiger partial charge in [-0.15, -0.1) is 0 Å². The van der Waals surface area contributed by atoms with Crippen molar-refractivity contribution in [1.29, 1.82) is 0 Å². The third-order valence-electron chi connectivity index (χ3n) is 8.45. The predicted molar refractivity (Wildman–Crippen MR) is 199 cm³/mol. The quantitative estimate of drug-likeness (QED) is 0.0486. The smallest absolute Gasteiger partial charge is 0.490 e. The Morgan fingerprint density at radius 1 is 0.881 bits per heavy atom. The van der Waals surface area contributed by atoms with Gasteiger partial charge in [0, 0.05) is 51.5 Å². The number of aromatic nitrogens is 1. The van der Waals surface area contributed by atoms with Crippen molar-refractivity contribution in [2.75, 3.05) is 13.2 Å². The number of phosphoric ester groups is 1. The monoisotopic (exact) mass is 878 g/mol. The number of carboxylic acids is 1. The lowest BCUT2D eigenvalue weighted by molar-refractivity contribution is -0.0226. The van der Waals surface area contributed by atoms with Crippen LogP contribution < -0.4 is 16.3 Å². The zero-order valence-corrected chi connectivity index (χ0v) is 32.1. The lowest BCUT2D eigenvalue weighted by Crippen LogP contribution is -2.33. The van der Waals surface area contributed by atoms with Crippen LogP contribution in [-0.2, 0) is 31.6 Å². The zero-order chi connectivity index (χ0) is 43.0. The van der Waals surface area contributed by atoms with Crippen LogP contribution in [0.2, 0.25) is 0 Å². The van der Waals surface area contributed by atoms with Gasteiger partial charge in [-0.05, 0) is 48.0 Å². The molecule has 0 bridgehead atoms. The van der Waals surface area contributed by atoms with E-state index in [1.807, 2.05) is 0 Å². The number of phosphoric acid groups is 3. The molecule has 3 heterocycles. The number of phenols is 1. The minimum absolute atomic E-state index is 0.0542. The summed E-state index contributed by atoms with van der Waals surface area (Å²) in [5.74, 6) is 3.21. The number of amides is 1. The molecule has 6 atom stereocenters. The van der Waals surface area contributed by atoms with Crippen molar-refractivity contribution in [1.82, 2.24) is 10.3 Å². The third-order valence-corrected chi connectivity index (χ3v) is 12.2. The normalized spacial score (nSPS) is 20.0. The van der Waals surface area contributed by atoms with E-state index in [4.69, 9.17) is 18.9 Å². The van der Waals surface area contributed by atoms with E-state index in [0.29, 0.717) is 16.5 Å². The van der Waals surface area contributed by atoms with Crippen molar-refractivity contribution in [3.63, 3.8) is 0 Å². The van der Waals surface area contributed by atoms with Gasteiger partial charge in [-0.25, -0.2) is 18.5 Å². The molecule has 0 spiro atoms. The van der Waals surface area contributed by atoms with Gasteiger partial charge in [0.2, 0.25) is 0 Å². The maximum absolute atomic E-state index is 13.1. The first-order chi connectivity index (χ1) is 27.6. The van der Waals surface area contributed by atoms with Gasteiger partial charge in [-0.1, -0.05) is 17.9 Å². The van der Waals surface area contributed by atoms with Crippen LogP contribution in [0.15, 0.2) is 80.9 Å². The molecule has 310 valence electrons. The van der Waals surface area contributed by atoms with Crippen LogP contribution in [0.1, 0.15) is 37.9 Å². The minimum atomic E-state index is -5.84. The van der Waals surface area contributed by atoms with Gasteiger partial charge in [0.05, 0.1) is 18.7 Å². The topological polar surface area (TPSA) is 359 Å². The van der Waals surface area contributed by atoms with Crippen molar-refractivity contribution in [3.05, 3.63) is 110 Å². The Bertz CT molecular complexity index is 2790. The van der Waals surface area contributed by atoms with Gasteiger partial charge in [-0.3, -0.25) is 18.9 Å². The molecule has 2 aliphatic heterocycles. The number of carboxylic acid groups (broad SMARTS) is 1. The number of hydrogen-bond acceptors (Lipinski definition) is 15. The molecule has 1 amide bonds. The minimum Gasteiger partial charge on any atom is -0.508 e. The molecular weight excluding hydrogens is 849 g/mol. The Morgan fingerprint density at radius 3 is 2.32 bits per heavy atom. The first-order valence-electron chi connectivity index (χ1n) is 16.5. The second-order valence-corrected chi connectivity index (χ2v) is 16.9. The van der Waals surface area contributed by atoms with Crippen molar-refractivity contribution in [2.24, 2.45) is 0 Å². The predicted octanol–water partition coefficient (Wildman–Crippen LogP) is 1.94. The number of nitrogens with one attached hydrogen (secondary N) is 2. The van der Waals surface area contributed by atoms with Crippen molar-refractivity contribution < 1.29 is 85.6 Å². The standard InChI is InChI=1S/C34H29N2O20P3/c37-18-4-7-21-25(12-18)53-26-13-19(38)5-8-22(26)28(21)20-6-3-17(11-23(20)34(43)44)32(41)35-9-1-2-16-10-24(33(42)36-14-16)31-30(40)29(39)27(54-31)15-52-58(48,49)56-59(50,51)55-57(45,46)47/h3-8,10-14,27,29-31,37,39-40H,9,15H2,(H,35,41)(H,36,42)(H,43,44)(H,48,49)(H,50,51)(H2,45,46,47)/t27-,29-,30-,31+/m1/s1. The molecule has 0 saturated carbocycles. The van der Waals surface area contributed by atoms with E-state index < -0.39 is 71.9 Å². The number of hydrogen-bond donors (Lipinski definition) is 10. The number of pyridine rings is 1. The summed E-state index contributed by atoms with van der Waals surface area (Å²) in [6.45, 7) is -1.41. The molecule has 3 aromatic rings. The van der Waals surface area contributed by atoms with Crippen LogP contribution in [0.5, 0.6) is 5.75 Å². The van der Waals surface area contributed by atoms with E-state index in [1.54, 1.807) is 0 Å². The van der Waals surface area contributed by atoms with E-state index >= 15 is 0 Å². The molecule has 25 heteroatoms. The highest BCUT2D eigenvalue weighted by atomic mass is 31.3. The third kappa shape index (κ3) is 10.1. The van der Waals surface area contributed by atoms with Crippen LogP contribution in [0, 0.1) is 11.8 Å². The van der Waals surface area contributed by atoms with Gasteiger partial charge >= 0.3 is 29.4 Å². The Labute approximate surface area is 329 Å². The molecule has 2 aromatic carbocycles. The fourth-order valence-electron chi connectivity index (χ4n) is 6.00. The van der Waals surface area contributed by atoms with Gasteiger partial charge in [-0.2, -0.15) is 8.62 Å². The van der Waals surface area contributed by atoms with Crippen LogP contribution in [0.3, 0.4) is 0 Å². The molecule has 1 aliphatic carbocycles. The Kier molecular flexibility index (Phi) is 12.3. The lowest BCUT2D eigenvalue weighted by atomic mass is 9.90. The number of carbonyl (C=O) groups excluding carboxylic acids is 1. The average molecular weight is 879 g/mol. The van der Waals surface area contributed by atoms with Gasteiger partial charge in [0.1, 0.15) is 41.5 Å². The maximum atomic E-state index is 13.1. The number of carbonyl (C=O) groups is 2. The zero-order valence-electron chi connectivity index (χ0n) is 29.4. The molecule has 6 rings (SSSR count). The molecule has 1 aromatic heterocycles. The van der Waals surface area contributed by atoms with Gasteiger partial charge in [0.25, 0.3) is 11.5 Å². The number of aromatic amines is 1. The van der Waals surface area contributed by atoms with Crippen LogP contribution in [-0.4, -0.2) is 88.3 Å². The number of phenolic OH excluding ortho intramolecular Hbond substituents is 1. The lowest BCUT2D eigenvalue weighted by Gasteiger charge is -2.19. The molecule has 0 radical (unpaired) electrons. The fraction of sp³-hybridized carbons (Fsp3) is 0.176. The second-order valence-electron chi connectivity index (χ2n) is 12.5. The summed E-state index contributed by atoms with van der Waals surface area (Å²) >= 11 is 0. The van der Waals surface area contributed by atoms with E-state index in [0.717, 1.165) is 6.07 Å². The molecule has 1 saturated heterocycles. The number of aromatic carboxylic acids is 1. The summed E-state index contributed by atoms with van der Waals surface area (Å²) in [6, 6.07) is 13.3. The Hall–Kier alpha value is -5.33. The van der Waals surface area contributed by atoms with Crippen molar-refractivity contribution >= 4 is 46.3 Å². The summed E-state index contributed by atoms with van der Waals surface area (Å²) in [7, 11) is -17.1. The highest BCUT2D eigenvalue weighted by Gasteiger charge is 2.47. The molecule has 1 fully saturated rings. The Morgan fingerprint density at radius 2 is 1.61 bits per heavy atom. The summed E-state index contributed by atoms with van der Waals surface area (Å²) in [6.07, 6.45) is -5.80. The van der Waals surface area contributed by atoms with E-state index in [9.17, 15) is 63.1 Å². The number of aliphatic hydroxyl groups excluding tert-OH is 2. The number of fused-ring (bicyclic) bond motifs is 2. The molecule has 3 aliphatic rings. The van der Waals surface area contributed by atoms with Crippen molar-refractivity contribution in [3.8, 4) is 40.0 Å². The summed E-state index contributed by atoms with van der Waals surface area (Å²) in [5, 5.41) is 44.2. The molecular formula is C34H29N2O20P3. The van der Waals surface area contributed by atoms with Gasteiger partial charge in [0.15, 0.2) is 5.43 Å². The summed E-state index contributed by atoms with van der Waals surface area (Å²) in [4.78, 5) is 89.0. The van der Waals surface area contributed by atoms with Crippen LogP contribution >= 0.6 is 23.5 Å². The largest absolute Gasteiger partial charge is 0.508 e. The number of aromatic hydroxyl groups is 1. The summed E-state index contributed by atoms with van der Waals surface area (Å²) in [5.41, 5.74) is -0.540. The second kappa shape index (κ2) is 16.7. The van der Waals surface area contributed by atoms with Crippen molar-refractivity contribution in [2.45, 2.75) is 24.4 Å². The highest BCUT2D eigenvalue weighted by Crippen LogP contribution is 2.66. The van der Waals surface area contributed by atoms with E-state index in [-0.39, 0.29) is 56.9 Å². The first-order valence-corrected chi connectivity index (χ1v) is 21.0. The van der Waals surface area contributed by atoms with E-state index in [2.05, 4.69) is 35.3 Å². The number of benzene rings is 3. The number of rotatable bonds is 12. The highest BCUT2D eigenvalue weighted by molar-refractivity contribution is 7.66. The number of H-pyrrole nitrogens is 1. The fourth-order valence-corrected chi connectivity index (χ4v) is 9.03. The summed E-state index contributed by atoms with van der Waals surface area (Å²) < 4.78 is 57.4. The first kappa shape index (κ1) is 43.3. The number of aliphatic hydroxyl groups is 2. The van der Waals surface area contributed by atoms with Crippen LogP contribution in [0.4, 0.5) is 0 Å². The van der Waals surface area contributed by atoms with Gasteiger partial charge < -0.3 is 59.5 Å². The van der Waals surface area contributed by atoms with E-state index in [1.165, 1.54) is 60.8 Å². The molecule has 2 unspecified atom stereocenters. The molecule has 10 N–H and O–H groups in total. The SMILES string of the molecule is O=C(NCC#Cc1c[nH]c(=O)c([C@@H]2O[C@H](COP(=O)(O)OP(=O)(O)OP(=O)(O)O)[C@@H](O)[C@H]2O)c1)c1ccc(-c2c3ccc(=O)cc-3oc3cc(O)ccc23)c(C(=O)O)c1. The number of ether oxygens (including phenoxy) is 1. The molecule has 22 nitrogen and oxygen atoms in total.